The SMILES string of the molecule is CCCC(CCO)CNS(=O)(=O)CC1CC1. The van der Waals surface area contributed by atoms with Crippen molar-refractivity contribution in [2.45, 2.75) is 39.0 Å². The fraction of sp³-hybridized carbons (Fsp3) is 1.00. The van der Waals surface area contributed by atoms with E-state index in [1.165, 1.54) is 0 Å². The first-order valence-corrected chi connectivity index (χ1v) is 7.80. The summed E-state index contributed by atoms with van der Waals surface area (Å²) in [4.78, 5) is 0. The van der Waals surface area contributed by atoms with Crippen LogP contribution in [0.1, 0.15) is 39.0 Å². The smallest absolute Gasteiger partial charge is 0.211 e. The van der Waals surface area contributed by atoms with Gasteiger partial charge in [-0.3, -0.25) is 0 Å². The number of hydrogen-bond acceptors (Lipinski definition) is 3. The molecule has 0 amide bonds. The molecule has 5 heteroatoms. The molecule has 0 aromatic heterocycles. The molecule has 1 rings (SSSR count). The zero-order valence-corrected chi connectivity index (χ0v) is 10.8. The molecule has 0 heterocycles. The second-order valence-electron chi connectivity index (χ2n) is 4.74. The Balaban J connectivity index is 2.28. The number of rotatable bonds is 9. The maximum atomic E-state index is 11.6. The molecule has 1 saturated carbocycles. The number of sulfonamides is 1. The summed E-state index contributed by atoms with van der Waals surface area (Å²) < 4.78 is 25.9. The van der Waals surface area contributed by atoms with Crippen LogP contribution in [0, 0.1) is 11.8 Å². The normalized spacial score (nSPS) is 18.6. The van der Waals surface area contributed by atoms with Gasteiger partial charge in [0.2, 0.25) is 10.0 Å². The Hall–Kier alpha value is -0.130. The monoisotopic (exact) mass is 249 g/mol. The van der Waals surface area contributed by atoms with Crippen LogP contribution >= 0.6 is 0 Å². The summed E-state index contributed by atoms with van der Waals surface area (Å²) in [6, 6.07) is 0. The zero-order valence-electron chi connectivity index (χ0n) is 9.98. The van der Waals surface area contributed by atoms with Gasteiger partial charge in [-0.15, -0.1) is 0 Å². The molecule has 0 spiro atoms. The van der Waals surface area contributed by atoms with Gasteiger partial charge >= 0.3 is 0 Å². The maximum Gasteiger partial charge on any atom is 0.211 e. The van der Waals surface area contributed by atoms with Crippen molar-refractivity contribution in [1.82, 2.24) is 4.72 Å². The van der Waals surface area contributed by atoms with Crippen molar-refractivity contribution >= 4 is 10.0 Å². The van der Waals surface area contributed by atoms with Crippen molar-refractivity contribution in [2.24, 2.45) is 11.8 Å². The topological polar surface area (TPSA) is 66.4 Å². The van der Waals surface area contributed by atoms with E-state index in [1.54, 1.807) is 0 Å². The van der Waals surface area contributed by atoms with Crippen molar-refractivity contribution < 1.29 is 13.5 Å². The van der Waals surface area contributed by atoms with E-state index in [0.717, 1.165) is 25.7 Å². The van der Waals surface area contributed by atoms with Crippen LogP contribution in [0.2, 0.25) is 0 Å². The van der Waals surface area contributed by atoms with Crippen LogP contribution in [0.5, 0.6) is 0 Å². The molecule has 1 aliphatic carbocycles. The molecule has 0 radical (unpaired) electrons. The summed E-state index contributed by atoms with van der Waals surface area (Å²) in [6.07, 6.45) is 4.77. The van der Waals surface area contributed by atoms with Gasteiger partial charge in [-0.25, -0.2) is 13.1 Å². The van der Waals surface area contributed by atoms with Gasteiger partial charge in [-0.05, 0) is 37.5 Å². The van der Waals surface area contributed by atoms with Gasteiger partial charge in [0.25, 0.3) is 0 Å². The molecular formula is C11H23NO3S. The van der Waals surface area contributed by atoms with Crippen LogP contribution < -0.4 is 4.72 Å². The van der Waals surface area contributed by atoms with Gasteiger partial charge in [0.15, 0.2) is 0 Å². The lowest BCUT2D eigenvalue weighted by molar-refractivity contribution is 0.251. The van der Waals surface area contributed by atoms with Gasteiger partial charge in [-0.2, -0.15) is 0 Å². The van der Waals surface area contributed by atoms with E-state index in [1.807, 2.05) is 0 Å². The predicted molar refractivity (Wildman–Crippen MR) is 64.6 cm³/mol. The maximum absolute atomic E-state index is 11.6. The lowest BCUT2D eigenvalue weighted by atomic mass is 10.0. The first-order chi connectivity index (χ1) is 7.57. The Bertz CT molecular complexity index is 280. The molecule has 96 valence electrons. The molecule has 1 fully saturated rings. The minimum absolute atomic E-state index is 0.134. The molecular weight excluding hydrogens is 226 g/mol. The first kappa shape index (κ1) is 13.9. The van der Waals surface area contributed by atoms with Crippen molar-refractivity contribution in [3.8, 4) is 0 Å². The largest absolute Gasteiger partial charge is 0.396 e. The molecule has 0 saturated heterocycles. The van der Waals surface area contributed by atoms with Gasteiger partial charge in [0.1, 0.15) is 0 Å². The summed E-state index contributed by atoms with van der Waals surface area (Å²) in [5, 5.41) is 8.87. The number of aliphatic hydroxyl groups excluding tert-OH is 1. The lowest BCUT2D eigenvalue weighted by Crippen LogP contribution is -2.32. The first-order valence-electron chi connectivity index (χ1n) is 6.15. The van der Waals surface area contributed by atoms with E-state index in [2.05, 4.69) is 11.6 Å². The highest BCUT2D eigenvalue weighted by molar-refractivity contribution is 7.89. The summed E-state index contributed by atoms with van der Waals surface area (Å²) >= 11 is 0. The third-order valence-electron chi connectivity index (χ3n) is 2.98. The fourth-order valence-corrected chi connectivity index (χ4v) is 3.40. The van der Waals surface area contributed by atoms with Crippen molar-refractivity contribution in [1.29, 1.82) is 0 Å². The van der Waals surface area contributed by atoms with Crippen LogP contribution in [0.15, 0.2) is 0 Å². The summed E-state index contributed by atoms with van der Waals surface area (Å²) in [5.74, 6) is 0.939. The van der Waals surface area contributed by atoms with Crippen LogP contribution in [-0.4, -0.2) is 32.4 Å². The molecule has 2 N–H and O–H groups in total. The quantitative estimate of drug-likeness (QED) is 0.643. The van der Waals surface area contributed by atoms with Crippen LogP contribution in [-0.2, 0) is 10.0 Å². The van der Waals surface area contributed by atoms with Gasteiger partial charge in [0, 0.05) is 13.2 Å². The van der Waals surface area contributed by atoms with E-state index in [4.69, 9.17) is 5.11 Å². The molecule has 0 bridgehead atoms. The highest BCUT2D eigenvalue weighted by Crippen LogP contribution is 2.29. The number of nitrogens with one attached hydrogen (secondary N) is 1. The van der Waals surface area contributed by atoms with Gasteiger partial charge < -0.3 is 5.11 Å². The van der Waals surface area contributed by atoms with Crippen LogP contribution in [0.25, 0.3) is 0 Å². The minimum atomic E-state index is -3.08. The van der Waals surface area contributed by atoms with Gasteiger partial charge in [0.05, 0.1) is 5.75 Å². The Morgan fingerprint density at radius 2 is 2.06 bits per heavy atom. The van der Waals surface area contributed by atoms with Crippen LogP contribution in [0.4, 0.5) is 0 Å². The predicted octanol–water partition coefficient (Wildman–Crippen LogP) is 1.11. The molecule has 0 aromatic carbocycles. The second kappa shape index (κ2) is 6.57. The van der Waals surface area contributed by atoms with Crippen molar-refractivity contribution in [3.05, 3.63) is 0 Å². The van der Waals surface area contributed by atoms with Gasteiger partial charge in [-0.1, -0.05) is 13.3 Å². The Kier molecular flexibility index (Phi) is 5.72. The molecule has 16 heavy (non-hydrogen) atoms. The molecule has 0 aliphatic heterocycles. The third kappa shape index (κ3) is 5.82. The molecule has 4 nitrogen and oxygen atoms in total. The second-order valence-corrected chi connectivity index (χ2v) is 6.59. The molecule has 1 aliphatic rings. The van der Waals surface area contributed by atoms with Crippen molar-refractivity contribution in [3.63, 3.8) is 0 Å². The standard InChI is InChI=1S/C11H23NO3S/c1-2-3-10(6-7-13)8-12-16(14,15)9-11-4-5-11/h10-13H,2-9H2,1H3. The van der Waals surface area contributed by atoms with Crippen molar-refractivity contribution in [2.75, 3.05) is 18.9 Å². The van der Waals surface area contributed by atoms with E-state index in [9.17, 15) is 8.42 Å². The third-order valence-corrected chi connectivity index (χ3v) is 4.49. The fourth-order valence-electron chi connectivity index (χ4n) is 1.84. The highest BCUT2D eigenvalue weighted by atomic mass is 32.2. The summed E-state index contributed by atoms with van der Waals surface area (Å²) in [5.41, 5.74) is 0. The van der Waals surface area contributed by atoms with E-state index >= 15 is 0 Å². The minimum Gasteiger partial charge on any atom is -0.396 e. The van der Waals surface area contributed by atoms with E-state index in [-0.39, 0.29) is 18.3 Å². The Morgan fingerprint density at radius 3 is 2.56 bits per heavy atom. The average Bonchev–Trinajstić information content (AvgIpc) is 2.98. The highest BCUT2D eigenvalue weighted by Gasteiger charge is 2.28. The zero-order chi connectivity index (χ0) is 12.0. The lowest BCUT2D eigenvalue weighted by Gasteiger charge is -2.15. The molecule has 0 aromatic rings. The number of hydrogen-bond donors (Lipinski definition) is 2. The Morgan fingerprint density at radius 1 is 1.38 bits per heavy atom. The molecule has 1 atom stereocenters. The number of aliphatic hydroxyl groups is 1. The summed E-state index contributed by atoms with van der Waals surface area (Å²) in [6.45, 7) is 2.68. The van der Waals surface area contributed by atoms with E-state index < -0.39 is 10.0 Å². The average molecular weight is 249 g/mol. The van der Waals surface area contributed by atoms with Crippen LogP contribution in [0.3, 0.4) is 0 Å². The van der Waals surface area contributed by atoms with E-state index in [0.29, 0.717) is 18.9 Å². The molecule has 1 unspecified atom stereocenters. The Labute approximate surface area is 98.5 Å². The summed E-state index contributed by atoms with van der Waals surface area (Å²) in [7, 11) is -3.08.